The summed E-state index contributed by atoms with van der Waals surface area (Å²) in [6.07, 6.45) is 0. The number of carbonyl (C=O) groups excluding carboxylic acids is 2. The first kappa shape index (κ1) is 25.5. The van der Waals surface area contributed by atoms with Crippen LogP contribution in [0.5, 0.6) is 0 Å². The highest BCUT2D eigenvalue weighted by molar-refractivity contribution is 6.37. The Balaban J connectivity index is 1.39. The molecule has 1 aliphatic heterocycles. The van der Waals surface area contributed by atoms with Crippen LogP contribution in [0.25, 0.3) is 49.7 Å². The van der Waals surface area contributed by atoms with Gasteiger partial charge in [0.1, 0.15) is 0 Å². The third-order valence-corrected chi connectivity index (χ3v) is 8.36. The summed E-state index contributed by atoms with van der Waals surface area (Å²) in [4.78, 5) is 30.4. The minimum Gasteiger partial charge on any atom is -0.308 e. The highest BCUT2D eigenvalue weighted by Gasteiger charge is 2.41. The monoisotopic (exact) mass is 565 g/mol. The smallest absolute Gasteiger partial charge is 0.268 e. The standard InChI is InChI=1S/C39H23N3O2/c40-24-25-21-22-34-32(23-25)30-15-7-8-19-33(30)41(34)35-20-10-18-31-36(35)39(44)42(38(31)43)37-28(26-11-3-1-4-12-26)16-9-17-29(37)27-13-5-2-6-14-27/h1-23H. The van der Waals surface area contributed by atoms with E-state index in [4.69, 9.17) is 0 Å². The van der Waals surface area contributed by atoms with Crippen LogP contribution in [0.4, 0.5) is 5.69 Å². The Hall–Kier alpha value is -6.25. The van der Waals surface area contributed by atoms with Crippen LogP contribution in [0.15, 0.2) is 140 Å². The summed E-state index contributed by atoms with van der Waals surface area (Å²) in [7, 11) is 0. The van der Waals surface area contributed by atoms with Gasteiger partial charge in [-0.3, -0.25) is 9.59 Å². The van der Waals surface area contributed by atoms with Gasteiger partial charge < -0.3 is 4.57 Å². The van der Waals surface area contributed by atoms with E-state index in [2.05, 4.69) is 6.07 Å². The van der Waals surface area contributed by atoms with E-state index in [9.17, 15) is 14.9 Å². The molecule has 8 rings (SSSR count). The van der Waals surface area contributed by atoms with Crippen LogP contribution in [0.2, 0.25) is 0 Å². The number of para-hydroxylation sites is 2. The van der Waals surface area contributed by atoms with Gasteiger partial charge in [0.2, 0.25) is 0 Å². The SMILES string of the molecule is N#Cc1ccc2c(c1)c1ccccc1n2-c1cccc2c1C(=O)N(c1c(-c3ccccc3)cccc1-c1ccccc1)C2=O. The van der Waals surface area contributed by atoms with E-state index in [-0.39, 0.29) is 11.8 Å². The Morgan fingerprint density at radius 3 is 1.80 bits per heavy atom. The molecule has 0 aliphatic carbocycles. The molecular weight excluding hydrogens is 542 g/mol. The zero-order valence-corrected chi connectivity index (χ0v) is 23.4. The van der Waals surface area contributed by atoms with Gasteiger partial charge in [-0.15, -0.1) is 0 Å². The molecule has 7 aromatic rings. The number of hydrogen-bond acceptors (Lipinski definition) is 3. The number of rotatable bonds is 4. The van der Waals surface area contributed by atoms with Crippen molar-refractivity contribution in [1.82, 2.24) is 4.57 Å². The van der Waals surface area contributed by atoms with Crippen LogP contribution < -0.4 is 4.90 Å². The second-order valence-corrected chi connectivity index (χ2v) is 10.8. The van der Waals surface area contributed by atoms with Crippen molar-refractivity contribution < 1.29 is 9.59 Å². The van der Waals surface area contributed by atoms with Crippen LogP contribution in [0, 0.1) is 11.3 Å². The number of fused-ring (bicyclic) bond motifs is 4. The Bertz CT molecular complexity index is 2270. The zero-order valence-electron chi connectivity index (χ0n) is 23.4. The fourth-order valence-corrected chi connectivity index (χ4v) is 6.44. The summed E-state index contributed by atoms with van der Waals surface area (Å²) in [5.41, 5.74) is 7.60. The van der Waals surface area contributed by atoms with E-state index in [1.807, 2.05) is 132 Å². The number of amides is 2. The molecule has 0 atom stereocenters. The molecule has 6 aromatic carbocycles. The van der Waals surface area contributed by atoms with Gasteiger partial charge in [-0.2, -0.15) is 5.26 Å². The molecule has 2 amide bonds. The van der Waals surface area contributed by atoms with Gasteiger partial charge in [0.05, 0.1) is 45.2 Å². The third-order valence-electron chi connectivity index (χ3n) is 8.36. The number of benzene rings is 6. The van der Waals surface area contributed by atoms with Crippen molar-refractivity contribution in [2.45, 2.75) is 0 Å². The number of anilines is 1. The van der Waals surface area contributed by atoms with Crippen LogP contribution >= 0.6 is 0 Å². The van der Waals surface area contributed by atoms with E-state index in [0.29, 0.717) is 28.1 Å². The minimum absolute atomic E-state index is 0.353. The van der Waals surface area contributed by atoms with Crippen LogP contribution in [0.3, 0.4) is 0 Å². The van der Waals surface area contributed by atoms with Gasteiger partial charge in [0.25, 0.3) is 11.8 Å². The number of nitriles is 1. The number of hydrogen-bond donors (Lipinski definition) is 0. The lowest BCUT2D eigenvalue weighted by Gasteiger charge is -2.23. The number of carbonyl (C=O) groups is 2. The van der Waals surface area contributed by atoms with Crippen molar-refractivity contribution in [1.29, 1.82) is 5.26 Å². The van der Waals surface area contributed by atoms with Crippen molar-refractivity contribution in [2.24, 2.45) is 0 Å². The maximum atomic E-state index is 14.7. The molecule has 1 aromatic heterocycles. The molecule has 5 heteroatoms. The molecule has 0 saturated carbocycles. The van der Waals surface area contributed by atoms with Crippen molar-refractivity contribution in [3.05, 3.63) is 156 Å². The second-order valence-electron chi connectivity index (χ2n) is 10.8. The molecule has 0 saturated heterocycles. The quantitative estimate of drug-likeness (QED) is 0.200. The van der Waals surface area contributed by atoms with Gasteiger partial charge in [-0.25, -0.2) is 4.90 Å². The van der Waals surface area contributed by atoms with Crippen LogP contribution in [-0.4, -0.2) is 16.4 Å². The van der Waals surface area contributed by atoms with Gasteiger partial charge in [0.15, 0.2) is 0 Å². The molecule has 0 spiro atoms. The minimum atomic E-state index is -0.374. The number of aromatic nitrogens is 1. The zero-order chi connectivity index (χ0) is 29.8. The number of nitrogens with zero attached hydrogens (tertiary/aromatic N) is 3. The average Bonchev–Trinajstić information content (AvgIpc) is 3.55. The first-order chi connectivity index (χ1) is 21.7. The van der Waals surface area contributed by atoms with E-state index in [1.54, 1.807) is 12.1 Å². The Morgan fingerprint density at radius 2 is 1.11 bits per heavy atom. The molecule has 0 fully saturated rings. The van der Waals surface area contributed by atoms with Gasteiger partial charge >= 0.3 is 0 Å². The van der Waals surface area contributed by atoms with Crippen molar-refractivity contribution in [2.75, 3.05) is 4.90 Å². The molecule has 0 unspecified atom stereocenters. The number of imide groups is 1. The third kappa shape index (κ3) is 3.72. The van der Waals surface area contributed by atoms with E-state index >= 15 is 0 Å². The summed E-state index contributed by atoms with van der Waals surface area (Å²) in [6.45, 7) is 0. The first-order valence-corrected chi connectivity index (χ1v) is 14.3. The highest BCUT2D eigenvalue weighted by atomic mass is 16.2. The molecule has 0 radical (unpaired) electrons. The highest BCUT2D eigenvalue weighted by Crippen LogP contribution is 2.44. The normalized spacial score (nSPS) is 12.6. The summed E-state index contributed by atoms with van der Waals surface area (Å²) in [5.74, 6) is -0.735. The maximum Gasteiger partial charge on any atom is 0.268 e. The van der Waals surface area contributed by atoms with Crippen molar-refractivity contribution in [3.63, 3.8) is 0 Å². The predicted molar refractivity (Wildman–Crippen MR) is 174 cm³/mol. The summed E-state index contributed by atoms with van der Waals surface area (Å²) in [6, 6.07) is 46.7. The predicted octanol–water partition coefficient (Wildman–Crippen LogP) is 8.79. The van der Waals surface area contributed by atoms with Crippen LogP contribution in [-0.2, 0) is 0 Å². The second kappa shape index (κ2) is 9.94. The summed E-state index contributed by atoms with van der Waals surface area (Å²) < 4.78 is 2.03. The summed E-state index contributed by atoms with van der Waals surface area (Å²) in [5, 5.41) is 11.5. The molecule has 206 valence electrons. The molecule has 2 heterocycles. The van der Waals surface area contributed by atoms with E-state index in [0.717, 1.165) is 44.1 Å². The van der Waals surface area contributed by atoms with Crippen molar-refractivity contribution in [3.8, 4) is 34.0 Å². The lowest BCUT2D eigenvalue weighted by atomic mass is 9.95. The fourth-order valence-electron chi connectivity index (χ4n) is 6.44. The molecule has 0 bridgehead atoms. The molecule has 44 heavy (non-hydrogen) atoms. The van der Waals surface area contributed by atoms with E-state index in [1.165, 1.54) is 4.90 Å². The van der Waals surface area contributed by atoms with Gasteiger partial charge in [-0.1, -0.05) is 103 Å². The van der Waals surface area contributed by atoms with Gasteiger partial charge in [-0.05, 0) is 47.5 Å². The Labute approximate surface area is 253 Å². The largest absolute Gasteiger partial charge is 0.308 e. The van der Waals surface area contributed by atoms with Crippen molar-refractivity contribution >= 4 is 39.3 Å². The van der Waals surface area contributed by atoms with Crippen LogP contribution in [0.1, 0.15) is 26.3 Å². The molecular formula is C39H23N3O2. The summed E-state index contributed by atoms with van der Waals surface area (Å²) >= 11 is 0. The van der Waals surface area contributed by atoms with Gasteiger partial charge in [0, 0.05) is 21.9 Å². The maximum absolute atomic E-state index is 14.7. The average molecular weight is 566 g/mol. The molecule has 5 nitrogen and oxygen atoms in total. The molecule has 0 N–H and O–H groups in total. The molecule has 1 aliphatic rings. The fraction of sp³-hybridized carbons (Fsp3) is 0. The first-order valence-electron chi connectivity index (χ1n) is 14.3. The Morgan fingerprint density at radius 1 is 0.523 bits per heavy atom. The van der Waals surface area contributed by atoms with E-state index < -0.39 is 0 Å². The Kier molecular flexibility index (Phi) is 5.75. The topological polar surface area (TPSA) is 66.1 Å². The lowest BCUT2D eigenvalue weighted by molar-refractivity contribution is 0.0926. The lowest BCUT2D eigenvalue weighted by Crippen LogP contribution is -2.30.